The lowest BCUT2D eigenvalue weighted by Crippen LogP contribution is -2.56. The number of carbonyl (C=O) groups is 1. The van der Waals surface area contributed by atoms with Gasteiger partial charge in [-0.25, -0.2) is 4.98 Å². The summed E-state index contributed by atoms with van der Waals surface area (Å²) in [5.41, 5.74) is 0.456. The van der Waals surface area contributed by atoms with Crippen LogP contribution >= 0.6 is 27.5 Å². The molecule has 1 aliphatic rings. The number of hydrogen-bond acceptors (Lipinski definition) is 4. The Labute approximate surface area is 147 Å². The van der Waals surface area contributed by atoms with E-state index in [9.17, 15) is 4.79 Å². The number of hydrogen-bond donors (Lipinski definition) is 0. The maximum absolute atomic E-state index is 12.5. The zero-order chi connectivity index (χ0) is 16.4. The van der Waals surface area contributed by atoms with Crippen molar-refractivity contribution in [1.29, 1.82) is 0 Å². The van der Waals surface area contributed by atoms with E-state index in [1.807, 2.05) is 12.1 Å². The van der Waals surface area contributed by atoms with Crippen molar-refractivity contribution in [2.45, 2.75) is 6.10 Å². The van der Waals surface area contributed by atoms with Gasteiger partial charge in [-0.2, -0.15) is 0 Å². The number of halogens is 2. The van der Waals surface area contributed by atoms with E-state index < -0.39 is 0 Å². The van der Waals surface area contributed by atoms with Crippen LogP contribution in [0.4, 0.5) is 0 Å². The van der Waals surface area contributed by atoms with Gasteiger partial charge >= 0.3 is 0 Å². The van der Waals surface area contributed by atoms with E-state index in [2.05, 4.69) is 20.9 Å². The normalized spacial score (nSPS) is 14.3. The Morgan fingerprint density at radius 1 is 1.39 bits per heavy atom. The standard InChI is InChI=1S/C16H14BrClN2O3/c1-22-14-5-4-10(18)7-12(14)16(21)20-8-11(9-20)23-15-13(17)3-2-6-19-15/h2-7,11H,8-9H2,1H3. The predicted octanol–water partition coefficient (Wildman–Crippen LogP) is 3.41. The average molecular weight is 398 g/mol. The molecule has 0 radical (unpaired) electrons. The van der Waals surface area contributed by atoms with Gasteiger partial charge in [-0.1, -0.05) is 11.6 Å². The minimum absolute atomic E-state index is 0.0738. The highest BCUT2D eigenvalue weighted by Gasteiger charge is 2.34. The number of rotatable bonds is 4. The van der Waals surface area contributed by atoms with Gasteiger partial charge in [0.1, 0.15) is 11.9 Å². The monoisotopic (exact) mass is 396 g/mol. The molecular weight excluding hydrogens is 384 g/mol. The van der Waals surface area contributed by atoms with Crippen LogP contribution in [0, 0.1) is 0 Å². The fourth-order valence-electron chi connectivity index (χ4n) is 2.31. The Bertz CT molecular complexity index is 735. The molecule has 7 heteroatoms. The smallest absolute Gasteiger partial charge is 0.257 e. The zero-order valence-corrected chi connectivity index (χ0v) is 14.7. The van der Waals surface area contributed by atoms with Crippen LogP contribution in [0.2, 0.25) is 5.02 Å². The zero-order valence-electron chi connectivity index (χ0n) is 12.3. The van der Waals surface area contributed by atoms with Gasteiger partial charge in [0.25, 0.3) is 5.91 Å². The topological polar surface area (TPSA) is 51.7 Å². The summed E-state index contributed by atoms with van der Waals surface area (Å²) in [4.78, 5) is 18.4. The molecule has 0 spiro atoms. The van der Waals surface area contributed by atoms with Crippen molar-refractivity contribution in [3.63, 3.8) is 0 Å². The van der Waals surface area contributed by atoms with Crippen LogP contribution in [-0.2, 0) is 0 Å². The van der Waals surface area contributed by atoms with E-state index >= 15 is 0 Å². The van der Waals surface area contributed by atoms with E-state index in [-0.39, 0.29) is 12.0 Å². The molecule has 120 valence electrons. The van der Waals surface area contributed by atoms with Crippen molar-refractivity contribution in [3.05, 3.63) is 51.6 Å². The number of methoxy groups -OCH3 is 1. The molecule has 1 aromatic heterocycles. The van der Waals surface area contributed by atoms with Gasteiger partial charge in [0, 0.05) is 11.2 Å². The van der Waals surface area contributed by atoms with E-state index in [0.29, 0.717) is 35.3 Å². The predicted molar refractivity (Wildman–Crippen MR) is 90.3 cm³/mol. The largest absolute Gasteiger partial charge is 0.496 e. The minimum atomic E-state index is -0.121. The highest BCUT2D eigenvalue weighted by molar-refractivity contribution is 9.10. The van der Waals surface area contributed by atoms with Crippen LogP contribution in [0.25, 0.3) is 0 Å². The molecule has 3 rings (SSSR count). The summed E-state index contributed by atoms with van der Waals surface area (Å²) in [6, 6.07) is 8.68. The molecule has 0 atom stereocenters. The second-order valence-electron chi connectivity index (χ2n) is 5.08. The molecule has 23 heavy (non-hydrogen) atoms. The average Bonchev–Trinajstić information content (AvgIpc) is 2.51. The van der Waals surface area contributed by atoms with Crippen LogP contribution < -0.4 is 9.47 Å². The van der Waals surface area contributed by atoms with Crippen molar-refractivity contribution in [2.24, 2.45) is 0 Å². The fourth-order valence-corrected chi connectivity index (χ4v) is 2.83. The van der Waals surface area contributed by atoms with E-state index in [0.717, 1.165) is 4.47 Å². The van der Waals surface area contributed by atoms with Crippen LogP contribution in [0.1, 0.15) is 10.4 Å². The molecule has 1 fully saturated rings. The van der Waals surface area contributed by atoms with Gasteiger partial charge in [-0.05, 0) is 46.3 Å². The van der Waals surface area contributed by atoms with Crippen molar-refractivity contribution in [1.82, 2.24) is 9.88 Å². The van der Waals surface area contributed by atoms with Crippen LogP contribution in [-0.4, -0.2) is 42.1 Å². The number of carbonyl (C=O) groups excluding carboxylic acids is 1. The van der Waals surface area contributed by atoms with E-state index in [1.54, 1.807) is 29.3 Å². The van der Waals surface area contributed by atoms with Gasteiger partial charge in [0.05, 0.1) is 30.2 Å². The second-order valence-corrected chi connectivity index (χ2v) is 6.38. The third-order valence-corrected chi connectivity index (χ3v) is 4.37. The number of pyridine rings is 1. The van der Waals surface area contributed by atoms with Gasteiger partial charge in [-0.15, -0.1) is 0 Å². The maximum atomic E-state index is 12.5. The molecular formula is C16H14BrClN2O3. The molecule has 0 saturated carbocycles. The molecule has 2 heterocycles. The number of benzene rings is 1. The SMILES string of the molecule is COc1ccc(Cl)cc1C(=O)N1CC(Oc2ncccc2Br)C1. The molecule has 0 N–H and O–H groups in total. The molecule has 1 aliphatic heterocycles. The van der Waals surface area contributed by atoms with Crippen molar-refractivity contribution < 1.29 is 14.3 Å². The summed E-state index contributed by atoms with van der Waals surface area (Å²) in [6.07, 6.45) is 1.59. The maximum Gasteiger partial charge on any atom is 0.257 e. The highest BCUT2D eigenvalue weighted by Crippen LogP contribution is 2.28. The van der Waals surface area contributed by atoms with Gasteiger partial charge in [0.2, 0.25) is 5.88 Å². The minimum Gasteiger partial charge on any atom is -0.496 e. The number of likely N-dealkylation sites (tertiary alicyclic amines) is 1. The summed E-state index contributed by atoms with van der Waals surface area (Å²) in [5, 5.41) is 0.500. The summed E-state index contributed by atoms with van der Waals surface area (Å²) >= 11 is 9.36. The Morgan fingerprint density at radius 3 is 2.87 bits per heavy atom. The molecule has 0 bridgehead atoms. The summed E-state index contributed by atoms with van der Waals surface area (Å²) < 4.78 is 11.8. The lowest BCUT2D eigenvalue weighted by atomic mass is 10.1. The first-order valence-corrected chi connectivity index (χ1v) is 8.15. The fraction of sp³-hybridized carbons (Fsp3) is 0.250. The Morgan fingerprint density at radius 2 is 2.17 bits per heavy atom. The van der Waals surface area contributed by atoms with Gasteiger partial charge in [-0.3, -0.25) is 4.79 Å². The third-order valence-electron chi connectivity index (χ3n) is 3.53. The molecule has 1 amide bonds. The first kappa shape index (κ1) is 16.1. The summed E-state index contributed by atoms with van der Waals surface area (Å²) in [7, 11) is 1.53. The second kappa shape index (κ2) is 6.76. The first-order chi connectivity index (χ1) is 11.1. The van der Waals surface area contributed by atoms with Crippen molar-refractivity contribution in [2.75, 3.05) is 20.2 Å². The lowest BCUT2D eigenvalue weighted by molar-refractivity contribution is 0.0155. The molecule has 5 nitrogen and oxygen atoms in total. The molecule has 2 aromatic rings. The molecule has 0 unspecified atom stereocenters. The number of aromatic nitrogens is 1. The van der Waals surface area contributed by atoms with Gasteiger partial charge in [0.15, 0.2) is 0 Å². The van der Waals surface area contributed by atoms with Crippen LogP contribution in [0.15, 0.2) is 41.0 Å². The highest BCUT2D eigenvalue weighted by atomic mass is 79.9. The molecule has 1 saturated heterocycles. The summed E-state index contributed by atoms with van der Waals surface area (Å²) in [5.74, 6) is 0.922. The van der Waals surface area contributed by atoms with Gasteiger partial charge < -0.3 is 14.4 Å². The Balaban J connectivity index is 1.64. The van der Waals surface area contributed by atoms with E-state index in [1.165, 1.54) is 7.11 Å². The molecule has 1 aromatic carbocycles. The number of amides is 1. The van der Waals surface area contributed by atoms with Crippen molar-refractivity contribution >= 4 is 33.4 Å². The van der Waals surface area contributed by atoms with Crippen LogP contribution in [0.3, 0.4) is 0 Å². The Kier molecular flexibility index (Phi) is 4.73. The Hall–Kier alpha value is -1.79. The lowest BCUT2D eigenvalue weighted by Gasteiger charge is -2.38. The quantitative estimate of drug-likeness (QED) is 0.793. The summed E-state index contributed by atoms with van der Waals surface area (Å²) in [6.45, 7) is 0.995. The van der Waals surface area contributed by atoms with Crippen LogP contribution in [0.5, 0.6) is 11.6 Å². The van der Waals surface area contributed by atoms with Crippen molar-refractivity contribution in [3.8, 4) is 11.6 Å². The number of nitrogens with zero attached hydrogens (tertiary/aromatic N) is 2. The van der Waals surface area contributed by atoms with E-state index in [4.69, 9.17) is 21.1 Å². The third kappa shape index (κ3) is 3.43. The number of ether oxygens (including phenoxy) is 2. The molecule has 0 aliphatic carbocycles. The first-order valence-electron chi connectivity index (χ1n) is 6.98.